The Hall–Kier alpha value is -1.06. The minimum absolute atomic E-state index is 0.275. The Balaban J connectivity index is 3.30. The van der Waals surface area contributed by atoms with E-state index in [0.717, 1.165) is 19.3 Å². The topological polar surface area (TPSA) is 69.4 Å². The highest BCUT2D eigenvalue weighted by atomic mass is 16.6. The van der Waals surface area contributed by atoms with E-state index in [0.29, 0.717) is 0 Å². The largest absolute Gasteiger partial charge is 0.412 e. The van der Waals surface area contributed by atoms with Gasteiger partial charge < -0.3 is 10.5 Å². The molecule has 11 heavy (non-hydrogen) atoms. The van der Waals surface area contributed by atoms with Crippen molar-refractivity contribution in [3.05, 3.63) is 0 Å². The minimum atomic E-state index is -1.02. The second-order valence-electron chi connectivity index (χ2n) is 2.25. The second kappa shape index (κ2) is 5.70. The van der Waals surface area contributed by atoms with Crippen molar-refractivity contribution in [1.29, 1.82) is 0 Å². The van der Waals surface area contributed by atoms with Gasteiger partial charge in [-0.1, -0.05) is 19.8 Å². The maximum absolute atomic E-state index is 10.6. The normalized spacial score (nSPS) is 9.18. The molecule has 0 heterocycles. The first-order valence-corrected chi connectivity index (χ1v) is 3.67. The molecule has 0 aliphatic heterocycles. The number of carbonyl (C=O) groups is 2. The summed E-state index contributed by atoms with van der Waals surface area (Å²) in [7, 11) is 0. The standard InChI is InChI=1S/C7H13NO3/c1-2-3-4-5-6(9)11-7(8)10/h2-5H2,1H3,(H2,8,10). The third kappa shape index (κ3) is 6.83. The van der Waals surface area contributed by atoms with Crippen LogP contribution in [0.4, 0.5) is 4.79 Å². The summed E-state index contributed by atoms with van der Waals surface area (Å²) in [5.41, 5.74) is 4.62. The lowest BCUT2D eigenvalue weighted by Crippen LogP contribution is -2.18. The zero-order valence-electron chi connectivity index (χ0n) is 6.63. The van der Waals surface area contributed by atoms with Crippen molar-refractivity contribution in [2.45, 2.75) is 32.6 Å². The number of primary amides is 1. The summed E-state index contributed by atoms with van der Waals surface area (Å²) < 4.78 is 4.10. The lowest BCUT2D eigenvalue weighted by molar-refractivity contribution is -0.137. The summed E-state index contributed by atoms with van der Waals surface area (Å²) in [4.78, 5) is 20.6. The maximum atomic E-state index is 10.6. The van der Waals surface area contributed by atoms with Crippen molar-refractivity contribution < 1.29 is 14.3 Å². The van der Waals surface area contributed by atoms with Crippen molar-refractivity contribution in [3.8, 4) is 0 Å². The molecule has 2 N–H and O–H groups in total. The minimum Gasteiger partial charge on any atom is -0.376 e. The van der Waals surface area contributed by atoms with Crippen LogP contribution in [0.5, 0.6) is 0 Å². The van der Waals surface area contributed by atoms with Crippen LogP contribution in [-0.2, 0) is 9.53 Å². The van der Waals surface area contributed by atoms with Crippen LogP contribution >= 0.6 is 0 Å². The fourth-order valence-electron chi connectivity index (χ4n) is 0.683. The monoisotopic (exact) mass is 159 g/mol. The van der Waals surface area contributed by atoms with Crippen LogP contribution in [0.1, 0.15) is 32.6 Å². The molecule has 0 unspecified atom stereocenters. The van der Waals surface area contributed by atoms with Gasteiger partial charge in [-0.3, -0.25) is 4.79 Å². The van der Waals surface area contributed by atoms with E-state index in [1.54, 1.807) is 0 Å². The van der Waals surface area contributed by atoms with Crippen LogP contribution in [0, 0.1) is 0 Å². The molecule has 0 aromatic heterocycles. The van der Waals surface area contributed by atoms with Gasteiger partial charge in [0.1, 0.15) is 0 Å². The molecule has 0 aromatic carbocycles. The van der Waals surface area contributed by atoms with Crippen molar-refractivity contribution in [1.82, 2.24) is 0 Å². The predicted octanol–water partition coefficient (Wildman–Crippen LogP) is 1.19. The summed E-state index contributed by atoms with van der Waals surface area (Å²) in [5.74, 6) is -0.536. The molecule has 64 valence electrons. The molecule has 0 atom stereocenters. The third-order valence-electron chi connectivity index (χ3n) is 1.20. The van der Waals surface area contributed by atoms with Gasteiger partial charge in [-0.05, 0) is 6.42 Å². The van der Waals surface area contributed by atoms with Gasteiger partial charge in [0.05, 0.1) is 0 Å². The van der Waals surface area contributed by atoms with Crippen molar-refractivity contribution in [2.24, 2.45) is 5.73 Å². The molecule has 0 bridgehead atoms. The molecule has 0 spiro atoms. The molecular weight excluding hydrogens is 146 g/mol. The van der Waals surface area contributed by atoms with Crippen LogP contribution in [0.25, 0.3) is 0 Å². The molecule has 0 saturated carbocycles. The molecule has 0 rings (SSSR count). The van der Waals surface area contributed by atoms with E-state index in [1.807, 2.05) is 6.92 Å². The van der Waals surface area contributed by atoms with Gasteiger partial charge in [-0.15, -0.1) is 0 Å². The molecule has 0 saturated heterocycles. The van der Waals surface area contributed by atoms with Gasteiger partial charge in [0.25, 0.3) is 0 Å². The number of ether oxygens (including phenoxy) is 1. The van der Waals surface area contributed by atoms with Crippen LogP contribution in [0.2, 0.25) is 0 Å². The van der Waals surface area contributed by atoms with Crippen LogP contribution in [-0.4, -0.2) is 12.1 Å². The van der Waals surface area contributed by atoms with Gasteiger partial charge in [0.2, 0.25) is 0 Å². The predicted molar refractivity (Wildman–Crippen MR) is 39.8 cm³/mol. The lowest BCUT2D eigenvalue weighted by Gasteiger charge is -1.97. The first-order valence-electron chi connectivity index (χ1n) is 3.67. The van der Waals surface area contributed by atoms with Crippen molar-refractivity contribution >= 4 is 12.1 Å². The highest BCUT2D eigenvalue weighted by molar-refractivity contribution is 5.83. The number of hydrogen-bond donors (Lipinski definition) is 1. The Morgan fingerprint density at radius 1 is 1.36 bits per heavy atom. The summed E-state index contributed by atoms with van der Waals surface area (Å²) in [6.45, 7) is 2.03. The molecule has 0 fully saturated rings. The summed E-state index contributed by atoms with van der Waals surface area (Å²) >= 11 is 0. The Morgan fingerprint density at radius 3 is 2.45 bits per heavy atom. The third-order valence-corrected chi connectivity index (χ3v) is 1.20. The van der Waals surface area contributed by atoms with E-state index < -0.39 is 12.1 Å². The van der Waals surface area contributed by atoms with E-state index in [4.69, 9.17) is 0 Å². The zero-order chi connectivity index (χ0) is 8.69. The van der Waals surface area contributed by atoms with Crippen LogP contribution < -0.4 is 5.73 Å². The fourth-order valence-corrected chi connectivity index (χ4v) is 0.683. The van der Waals surface area contributed by atoms with E-state index in [-0.39, 0.29) is 6.42 Å². The first kappa shape index (κ1) is 9.94. The number of rotatable bonds is 4. The molecule has 0 radical (unpaired) electrons. The number of nitrogens with two attached hydrogens (primary N) is 1. The molecule has 1 amide bonds. The number of hydrogen-bond acceptors (Lipinski definition) is 3. The highest BCUT2D eigenvalue weighted by Gasteiger charge is 2.04. The van der Waals surface area contributed by atoms with Crippen LogP contribution in [0.15, 0.2) is 0 Å². The molecule has 0 aromatic rings. The van der Waals surface area contributed by atoms with Gasteiger partial charge in [-0.25, -0.2) is 4.79 Å². The number of amides is 1. The molecular formula is C7H13NO3. The molecule has 4 heteroatoms. The Bertz CT molecular complexity index is 145. The fraction of sp³-hybridized carbons (Fsp3) is 0.714. The summed E-state index contributed by atoms with van der Waals surface area (Å²) in [6, 6.07) is 0. The Labute approximate surface area is 65.7 Å². The van der Waals surface area contributed by atoms with Gasteiger partial charge >= 0.3 is 12.1 Å². The van der Waals surface area contributed by atoms with E-state index in [9.17, 15) is 9.59 Å². The first-order chi connectivity index (χ1) is 5.16. The Kier molecular flexibility index (Phi) is 5.15. The van der Waals surface area contributed by atoms with Crippen LogP contribution in [0.3, 0.4) is 0 Å². The SMILES string of the molecule is CCCCCC(=O)OC(N)=O. The summed E-state index contributed by atoms with van der Waals surface area (Å²) in [5, 5.41) is 0. The lowest BCUT2D eigenvalue weighted by atomic mass is 10.2. The number of carbonyl (C=O) groups excluding carboxylic acids is 2. The Morgan fingerprint density at radius 2 is 2.00 bits per heavy atom. The molecule has 0 aliphatic rings. The average molecular weight is 159 g/mol. The van der Waals surface area contributed by atoms with E-state index in [2.05, 4.69) is 10.5 Å². The molecule has 0 aliphatic carbocycles. The highest BCUT2D eigenvalue weighted by Crippen LogP contribution is 1.99. The van der Waals surface area contributed by atoms with E-state index >= 15 is 0 Å². The van der Waals surface area contributed by atoms with Gasteiger partial charge in [0.15, 0.2) is 0 Å². The van der Waals surface area contributed by atoms with E-state index in [1.165, 1.54) is 0 Å². The van der Waals surface area contributed by atoms with Gasteiger partial charge in [0, 0.05) is 6.42 Å². The number of unbranched alkanes of at least 4 members (excludes halogenated alkanes) is 2. The second-order valence-corrected chi connectivity index (χ2v) is 2.25. The maximum Gasteiger partial charge on any atom is 0.412 e. The van der Waals surface area contributed by atoms with Gasteiger partial charge in [-0.2, -0.15) is 0 Å². The summed E-state index contributed by atoms with van der Waals surface area (Å²) in [6.07, 6.45) is 2.00. The molecule has 4 nitrogen and oxygen atoms in total. The number of esters is 1. The average Bonchev–Trinajstić information content (AvgIpc) is 1.86. The smallest absolute Gasteiger partial charge is 0.376 e. The quantitative estimate of drug-likeness (QED) is 0.380. The van der Waals surface area contributed by atoms with Crippen molar-refractivity contribution in [2.75, 3.05) is 0 Å². The zero-order valence-corrected chi connectivity index (χ0v) is 6.63. The van der Waals surface area contributed by atoms with Crippen molar-refractivity contribution in [3.63, 3.8) is 0 Å².